The highest BCUT2D eigenvalue weighted by Crippen LogP contribution is 2.40. The Bertz CT molecular complexity index is 2470. The van der Waals surface area contributed by atoms with Crippen molar-refractivity contribution in [3.8, 4) is 33.6 Å². The lowest BCUT2D eigenvalue weighted by Gasteiger charge is -2.11. The largest absolute Gasteiger partial charge is 0.309 e. The van der Waals surface area contributed by atoms with Crippen molar-refractivity contribution < 1.29 is 0 Å². The Hall–Kier alpha value is -5.86. The van der Waals surface area contributed by atoms with Crippen molar-refractivity contribution in [2.45, 2.75) is 0 Å². The molecule has 0 saturated heterocycles. The van der Waals surface area contributed by atoms with Crippen LogP contribution in [0.5, 0.6) is 0 Å². The molecule has 2 aromatic heterocycles. The van der Waals surface area contributed by atoms with E-state index in [0.29, 0.717) is 0 Å². The van der Waals surface area contributed by atoms with Gasteiger partial charge in [0.15, 0.2) is 0 Å². The van der Waals surface area contributed by atoms with Crippen molar-refractivity contribution in [1.82, 2.24) is 9.13 Å². The lowest BCUT2D eigenvalue weighted by Crippen LogP contribution is -1.95. The lowest BCUT2D eigenvalue weighted by atomic mass is 9.99. The van der Waals surface area contributed by atoms with Gasteiger partial charge in [-0.2, -0.15) is 0 Å². The molecule has 0 fully saturated rings. The first-order chi connectivity index (χ1) is 21.8. The maximum Gasteiger partial charge on any atom is 0.0619 e. The van der Waals surface area contributed by atoms with E-state index in [1.807, 2.05) is 0 Å². The molecule has 44 heavy (non-hydrogen) atoms. The number of aromatic nitrogens is 2. The molecular weight excluding hydrogens is 532 g/mol. The zero-order chi connectivity index (χ0) is 29.0. The monoisotopic (exact) mass is 560 g/mol. The van der Waals surface area contributed by atoms with Crippen LogP contribution in [0.1, 0.15) is 0 Å². The van der Waals surface area contributed by atoms with E-state index in [0.717, 1.165) is 0 Å². The van der Waals surface area contributed by atoms with E-state index < -0.39 is 0 Å². The van der Waals surface area contributed by atoms with E-state index in [2.05, 4.69) is 179 Å². The normalized spacial score (nSPS) is 11.6. The predicted molar refractivity (Wildman–Crippen MR) is 186 cm³/mol. The number of hydrogen-bond donors (Lipinski definition) is 0. The van der Waals surface area contributed by atoms with E-state index in [-0.39, 0.29) is 0 Å². The van der Waals surface area contributed by atoms with Crippen molar-refractivity contribution in [2.24, 2.45) is 0 Å². The second-order valence-corrected chi connectivity index (χ2v) is 11.4. The van der Waals surface area contributed by atoms with Gasteiger partial charge >= 0.3 is 0 Å². The maximum atomic E-state index is 2.42. The third-order valence-corrected chi connectivity index (χ3v) is 8.91. The van der Waals surface area contributed by atoms with Crippen molar-refractivity contribution >= 4 is 43.6 Å². The zero-order valence-corrected chi connectivity index (χ0v) is 24.1. The highest BCUT2D eigenvalue weighted by atomic mass is 15.0. The second-order valence-electron chi connectivity index (χ2n) is 11.4. The van der Waals surface area contributed by atoms with E-state index in [1.54, 1.807) is 0 Å². The van der Waals surface area contributed by atoms with Crippen LogP contribution in [-0.2, 0) is 0 Å². The molecule has 7 aromatic carbocycles. The Morgan fingerprint density at radius 3 is 1.48 bits per heavy atom. The van der Waals surface area contributed by atoms with Gasteiger partial charge in [-0.3, -0.25) is 0 Å². The van der Waals surface area contributed by atoms with Gasteiger partial charge in [0.25, 0.3) is 0 Å². The average molecular weight is 561 g/mol. The molecule has 0 bridgehead atoms. The zero-order valence-electron chi connectivity index (χ0n) is 24.1. The number of fused-ring (bicyclic) bond motifs is 6. The first-order valence-corrected chi connectivity index (χ1v) is 15.1. The third kappa shape index (κ3) is 3.75. The Kier molecular flexibility index (Phi) is 5.54. The van der Waals surface area contributed by atoms with E-state index in [4.69, 9.17) is 0 Å². The second kappa shape index (κ2) is 9.86. The van der Waals surface area contributed by atoms with Crippen LogP contribution < -0.4 is 0 Å². The number of benzene rings is 7. The van der Waals surface area contributed by atoms with Crippen molar-refractivity contribution in [2.75, 3.05) is 0 Å². The number of nitrogens with zero attached hydrogens (tertiary/aromatic N) is 2. The quantitative estimate of drug-likeness (QED) is 0.203. The van der Waals surface area contributed by atoms with Gasteiger partial charge in [0.2, 0.25) is 0 Å². The molecule has 0 aliphatic heterocycles. The summed E-state index contributed by atoms with van der Waals surface area (Å²) in [6, 6.07) is 61.4. The number of para-hydroxylation sites is 4. The summed E-state index contributed by atoms with van der Waals surface area (Å²) in [6.45, 7) is 0. The van der Waals surface area contributed by atoms with E-state index in [9.17, 15) is 0 Å². The SMILES string of the molecule is c1ccc(-c2cccc3c4cc(-c5ccc6c(c5)c5ccccc5n6-c5ccccc5)ccc4n(-c4ccccc4)c23)cc1. The fourth-order valence-electron chi connectivity index (χ4n) is 6.95. The first kappa shape index (κ1) is 24.7. The van der Waals surface area contributed by atoms with Gasteiger partial charge in [-0.25, -0.2) is 0 Å². The summed E-state index contributed by atoms with van der Waals surface area (Å²) in [4.78, 5) is 0. The lowest BCUT2D eigenvalue weighted by molar-refractivity contribution is 1.18. The van der Waals surface area contributed by atoms with Crippen LogP contribution in [0.25, 0.3) is 77.2 Å². The fraction of sp³-hybridized carbons (Fsp3) is 0. The van der Waals surface area contributed by atoms with Crippen molar-refractivity contribution in [3.05, 3.63) is 170 Å². The third-order valence-electron chi connectivity index (χ3n) is 8.91. The van der Waals surface area contributed by atoms with Crippen molar-refractivity contribution in [3.63, 3.8) is 0 Å². The standard InChI is InChI=1S/C42H28N2/c1-4-13-29(14-5-1)34-20-12-21-36-38-28-31(24-26-41(38)44(42(34)36)33-17-8-3-9-18-33)30-23-25-40-37(27-30)35-19-10-11-22-39(35)43(40)32-15-6-2-7-16-32/h1-28H. The van der Waals surface area contributed by atoms with Crippen LogP contribution in [0.2, 0.25) is 0 Å². The molecule has 9 rings (SSSR count). The Balaban J connectivity index is 1.30. The van der Waals surface area contributed by atoms with Crippen LogP contribution in [0.3, 0.4) is 0 Å². The average Bonchev–Trinajstić information content (AvgIpc) is 3.62. The molecular formula is C42H28N2. The number of rotatable bonds is 4. The van der Waals surface area contributed by atoms with Gasteiger partial charge < -0.3 is 9.13 Å². The highest BCUT2D eigenvalue weighted by Gasteiger charge is 2.18. The summed E-state index contributed by atoms with van der Waals surface area (Å²) >= 11 is 0. The first-order valence-electron chi connectivity index (χ1n) is 15.1. The highest BCUT2D eigenvalue weighted by molar-refractivity contribution is 6.15. The smallest absolute Gasteiger partial charge is 0.0619 e. The van der Waals surface area contributed by atoms with Crippen LogP contribution >= 0.6 is 0 Å². The summed E-state index contributed by atoms with van der Waals surface area (Å²) in [5.74, 6) is 0. The molecule has 2 heteroatoms. The minimum atomic E-state index is 1.17. The van der Waals surface area contributed by atoms with Gasteiger partial charge in [-0.1, -0.05) is 115 Å². The Morgan fingerprint density at radius 2 is 0.795 bits per heavy atom. The van der Waals surface area contributed by atoms with Gasteiger partial charge in [0.1, 0.15) is 0 Å². The molecule has 0 unspecified atom stereocenters. The molecule has 2 heterocycles. The fourth-order valence-corrected chi connectivity index (χ4v) is 6.95. The van der Waals surface area contributed by atoms with Gasteiger partial charge in [0, 0.05) is 38.5 Å². The molecule has 0 amide bonds. The van der Waals surface area contributed by atoms with Crippen LogP contribution in [0, 0.1) is 0 Å². The molecule has 0 radical (unpaired) electrons. The molecule has 0 atom stereocenters. The van der Waals surface area contributed by atoms with Crippen LogP contribution in [0.4, 0.5) is 0 Å². The maximum absolute atomic E-state index is 2.42. The topological polar surface area (TPSA) is 9.86 Å². The summed E-state index contributed by atoms with van der Waals surface area (Å²) < 4.78 is 4.80. The van der Waals surface area contributed by atoms with E-state index in [1.165, 1.54) is 77.2 Å². The van der Waals surface area contributed by atoms with Gasteiger partial charge in [-0.05, 0) is 71.3 Å². The summed E-state index contributed by atoms with van der Waals surface area (Å²) in [5.41, 5.74) is 12.1. The molecule has 0 aliphatic rings. The number of hydrogen-bond acceptors (Lipinski definition) is 0. The summed E-state index contributed by atoms with van der Waals surface area (Å²) in [6.07, 6.45) is 0. The molecule has 2 nitrogen and oxygen atoms in total. The van der Waals surface area contributed by atoms with Crippen molar-refractivity contribution in [1.29, 1.82) is 0 Å². The Morgan fingerprint density at radius 1 is 0.295 bits per heavy atom. The molecule has 206 valence electrons. The van der Waals surface area contributed by atoms with E-state index >= 15 is 0 Å². The molecule has 0 saturated carbocycles. The minimum absolute atomic E-state index is 1.17. The van der Waals surface area contributed by atoms with Gasteiger partial charge in [-0.15, -0.1) is 0 Å². The molecule has 0 aliphatic carbocycles. The molecule has 9 aromatic rings. The Labute approximate surface area is 255 Å². The van der Waals surface area contributed by atoms with Gasteiger partial charge in [0.05, 0.1) is 22.1 Å². The molecule has 0 spiro atoms. The molecule has 0 N–H and O–H groups in total. The summed E-state index contributed by atoms with van der Waals surface area (Å²) in [7, 11) is 0. The van der Waals surface area contributed by atoms with Crippen LogP contribution in [0.15, 0.2) is 170 Å². The minimum Gasteiger partial charge on any atom is -0.309 e. The summed E-state index contributed by atoms with van der Waals surface area (Å²) in [5, 5.41) is 5.04. The van der Waals surface area contributed by atoms with Crippen LogP contribution in [-0.4, -0.2) is 9.13 Å². The predicted octanol–water partition coefficient (Wildman–Crippen LogP) is 11.2.